The highest BCUT2D eigenvalue weighted by Crippen LogP contribution is 2.29. The Labute approximate surface area is 200 Å². The Bertz CT molecular complexity index is 1020. The maximum atomic E-state index is 11.0. The number of aryl methyl sites for hydroxylation is 2. The molecular weight excluding hydrogens is 438 g/mol. The van der Waals surface area contributed by atoms with Crippen LogP contribution in [0.4, 0.5) is 0 Å². The zero-order valence-corrected chi connectivity index (χ0v) is 20.1. The molecule has 2 heterocycles. The van der Waals surface area contributed by atoms with E-state index >= 15 is 0 Å². The number of rotatable bonds is 9. The smallest absolute Gasteiger partial charge is 0.120 e. The molecule has 176 valence electrons. The largest absolute Gasteiger partial charge is 0.492 e. The Morgan fingerprint density at radius 3 is 2.52 bits per heavy atom. The topological polar surface area (TPSA) is 59.8 Å². The molecular formula is C26H32ClN3O3. The molecule has 0 aliphatic carbocycles. The quantitative estimate of drug-likeness (QED) is 0.494. The van der Waals surface area contributed by atoms with Crippen LogP contribution in [0.5, 0.6) is 11.5 Å². The maximum Gasteiger partial charge on any atom is 0.120 e. The van der Waals surface area contributed by atoms with Crippen LogP contribution >= 0.6 is 11.6 Å². The molecule has 3 aromatic rings. The van der Waals surface area contributed by atoms with Gasteiger partial charge in [-0.3, -0.25) is 4.90 Å². The fraction of sp³-hybridized carbons (Fsp3) is 0.423. The fourth-order valence-corrected chi connectivity index (χ4v) is 4.27. The van der Waals surface area contributed by atoms with Crippen molar-refractivity contribution in [2.45, 2.75) is 45.4 Å². The van der Waals surface area contributed by atoms with Gasteiger partial charge in [-0.2, -0.15) is 0 Å². The van der Waals surface area contributed by atoms with Crippen molar-refractivity contribution in [3.8, 4) is 11.5 Å². The molecule has 1 aliphatic heterocycles. The SMILES string of the molecule is Cc1cc(OCC2(O)CCN(Cc3cccc(OCCn4ccnc4)c3)CC2)cc(C)c1Cl. The summed E-state index contributed by atoms with van der Waals surface area (Å²) in [6, 6.07) is 12.1. The number of hydrogen-bond donors (Lipinski definition) is 1. The first-order valence-corrected chi connectivity index (χ1v) is 11.8. The number of nitrogens with zero attached hydrogens (tertiary/aromatic N) is 3. The van der Waals surface area contributed by atoms with Crippen LogP contribution in [0, 0.1) is 13.8 Å². The molecule has 6 nitrogen and oxygen atoms in total. The summed E-state index contributed by atoms with van der Waals surface area (Å²) in [6.07, 6.45) is 6.85. The second-order valence-electron chi connectivity index (χ2n) is 8.96. The Balaban J connectivity index is 1.24. The van der Waals surface area contributed by atoms with Crippen LogP contribution in [-0.4, -0.2) is 51.5 Å². The zero-order chi connectivity index (χ0) is 23.3. The molecule has 1 fully saturated rings. The van der Waals surface area contributed by atoms with E-state index in [1.54, 1.807) is 12.5 Å². The van der Waals surface area contributed by atoms with Crippen molar-refractivity contribution in [1.29, 1.82) is 0 Å². The Morgan fingerprint density at radius 1 is 1.06 bits per heavy atom. The minimum Gasteiger partial charge on any atom is -0.492 e. The predicted octanol–water partition coefficient (Wildman–Crippen LogP) is 4.64. The molecule has 0 bridgehead atoms. The monoisotopic (exact) mass is 469 g/mol. The summed E-state index contributed by atoms with van der Waals surface area (Å²) in [7, 11) is 0. The number of hydrogen-bond acceptors (Lipinski definition) is 5. The van der Waals surface area contributed by atoms with Gasteiger partial charge in [-0.15, -0.1) is 0 Å². The molecule has 2 aromatic carbocycles. The first-order valence-electron chi connectivity index (χ1n) is 11.4. The van der Waals surface area contributed by atoms with E-state index in [4.69, 9.17) is 21.1 Å². The number of halogens is 1. The number of piperidine rings is 1. The standard InChI is InChI=1S/C26H32ClN3O3/c1-20-14-24(15-21(2)25(20)27)33-18-26(31)6-9-29(10-7-26)17-22-4-3-5-23(16-22)32-13-12-30-11-8-28-19-30/h3-5,8,11,14-16,19,31H,6-7,9-10,12-13,17-18H2,1-2H3. The number of imidazole rings is 1. The van der Waals surface area contributed by atoms with Gasteiger partial charge >= 0.3 is 0 Å². The maximum absolute atomic E-state index is 11.0. The average molecular weight is 470 g/mol. The normalized spacial score (nSPS) is 16.0. The number of aliphatic hydroxyl groups is 1. The van der Waals surface area contributed by atoms with Crippen molar-refractivity contribution in [2.75, 3.05) is 26.3 Å². The molecule has 1 aromatic heterocycles. The number of aromatic nitrogens is 2. The van der Waals surface area contributed by atoms with Gasteiger partial charge in [-0.1, -0.05) is 23.7 Å². The highest BCUT2D eigenvalue weighted by molar-refractivity contribution is 6.32. The molecule has 7 heteroatoms. The summed E-state index contributed by atoms with van der Waals surface area (Å²) in [5, 5.41) is 11.8. The van der Waals surface area contributed by atoms with E-state index in [0.29, 0.717) is 26.1 Å². The highest BCUT2D eigenvalue weighted by atomic mass is 35.5. The first-order chi connectivity index (χ1) is 15.9. The van der Waals surface area contributed by atoms with Crippen LogP contribution in [0.3, 0.4) is 0 Å². The molecule has 0 atom stereocenters. The molecule has 0 unspecified atom stereocenters. The molecule has 0 spiro atoms. The minimum atomic E-state index is -0.809. The second kappa shape index (κ2) is 10.6. The van der Waals surface area contributed by atoms with Gasteiger partial charge in [0.15, 0.2) is 0 Å². The fourth-order valence-electron chi connectivity index (χ4n) is 4.16. The lowest BCUT2D eigenvalue weighted by Gasteiger charge is -2.38. The second-order valence-corrected chi connectivity index (χ2v) is 9.33. The zero-order valence-electron chi connectivity index (χ0n) is 19.3. The first kappa shape index (κ1) is 23.6. The van der Waals surface area contributed by atoms with Gasteiger partial charge in [0.05, 0.1) is 12.9 Å². The Hall–Kier alpha value is -2.54. The number of benzene rings is 2. The van der Waals surface area contributed by atoms with Crippen molar-refractivity contribution >= 4 is 11.6 Å². The molecule has 33 heavy (non-hydrogen) atoms. The van der Waals surface area contributed by atoms with Crippen molar-refractivity contribution in [3.05, 3.63) is 76.8 Å². The highest BCUT2D eigenvalue weighted by Gasteiger charge is 2.33. The van der Waals surface area contributed by atoms with Gasteiger partial charge in [-0.25, -0.2) is 4.98 Å². The number of likely N-dealkylation sites (tertiary alicyclic amines) is 1. The Kier molecular flexibility index (Phi) is 7.58. The van der Waals surface area contributed by atoms with Gasteiger partial charge in [0.1, 0.15) is 30.3 Å². The van der Waals surface area contributed by atoms with Gasteiger partial charge < -0.3 is 19.1 Å². The van der Waals surface area contributed by atoms with Crippen LogP contribution in [0.2, 0.25) is 5.02 Å². The van der Waals surface area contributed by atoms with Gasteiger partial charge in [0, 0.05) is 37.1 Å². The minimum absolute atomic E-state index is 0.293. The summed E-state index contributed by atoms with van der Waals surface area (Å²) in [5.41, 5.74) is 2.38. The van der Waals surface area contributed by atoms with Crippen LogP contribution < -0.4 is 9.47 Å². The number of ether oxygens (including phenoxy) is 2. The van der Waals surface area contributed by atoms with Crippen molar-refractivity contribution < 1.29 is 14.6 Å². The van der Waals surface area contributed by atoms with Crippen LogP contribution in [-0.2, 0) is 13.1 Å². The van der Waals surface area contributed by atoms with Gasteiger partial charge in [-0.05, 0) is 67.6 Å². The molecule has 1 aliphatic rings. The van der Waals surface area contributed by atoms with E-state index in [-0.39, 0.29) is 0 Å². The molecule has 0 amide bonds. The average Bonchev–Trinajstić information content (AvgIpc) is 3.32. The van der Waals surface area contributed by atoms with Gasteiger partial charge in [0.2, 0.25) is 0 Å². The van der Waals surface area contributed by atoms with E-state index in [1.165, 1.54) is 5.56 Å². The lowest BCUT2D eigenvalue weighted by atomic mass is 9.92. The Morgan fingerprint density at radius 2 is 1.82 bits per heavy atom. The van der Waals surface area contributed by atoms with Crippen LogP contribution in [0.1, 0.15) is 29.5 Å². The van der Waals surface area contributed by atoms with E-state index in [9.17, 15) is 5.11 Å². The van der Waals surface area contributed by atoms with Crippen LogP contribution in [0.25, 0.3) is 0 Å². The molecule has 1 N–H and O–H groups in total. The third kappa shape index (κ3) is 6.50. The molecule has 4 rings (SSSR count). The van der Waals surface area contributed by atoms with Crippen molar-refractivity contribution in [2.24, 2.45) is 0 Å². The summed E-state index contributed by atoms with van der Waals surface area (Å²) in [5.74, 6) is 1.64. The van der Waals surface area contributed by atoms with E-state index in [1.807, 2.05) is 48.9 Å². The summed E-state index contributed by atoms with van der Waals surface area (Å²) < 4.78 is 13.9. The third-order valence-electron chi connectivity index (χ3n) is 6.19. The summed E-state index contributed by atoms with van der Waals surface area (Å²) in [6.45, 7) is 8.08. The van der Waals surface area contributed by atoms with E-state index < -0.39 is 5.60 Å². The third-order valence-corrected chi connectivity index (χ3v) is 6.78. The molecule has 1 saturated heterocycles. The molecule has 0 saturated carbocycles. The van der Waals surface area contributed by atoms with Gasteiger partial charge in [0.25, 0.3) is 0 Å². The summed E-state index contributed by atoms with van der Waals surface area (Å²) >= 11 is 6.24. The lowest BCUT2D eigenvalue weighted by Crippen LogP contribution is -2.47. The predicted molar refractivity (Wildman–Crippen MR) is 130 cm³/mol. The van der Waals surface area contributed by atoms with Crippen LogP contribution in [0.15, 0.2) is 55.1 Å². The molecule has 0 radical (unpaired) electrons. The summed E-state index contributed by atoms with van der Waals surface area (Å²) in [4.78, 5) is 6.42. The van der Waals surface area contributed by atoms with E-state index in [0.717, 1.165) is 53.8 Å². The van der Waals surface area contributed by atoms with E-state index in [2.05, 4.69) is 22.0 Å². The van der Waals surface area contributed by atoms with Crippen molar-refractivity contribution in [1.82, 2.24) is 14.5 Å². The van der Waals surface area contributed by atoms with Crippen molar-refractivity contribution in [3.63, 3.8) is 0 Å². The lowest BCUT2D eigenvalue weighted by molar-refractivity contribution is -0.0537.